The quantitative estimate of drug-likeness (QED) is 0.314. The fourth-order valence-electron chi connectivity index (χ4n) is 4.62. The molecule has 1 amide bonds. The molecule has 0 bridgehead atoms. The molecule has 0 radical (unpaired) electrons. The first kappa shape index (κ1) is 24.4. The standard InChI is InChI=1S/C28H33N3O4/c1-34-25-17-20(18-26(35-2)28(25)33)7-3-6-10-27(32)29-13-16-31-14-11-21(12-15-31)23-19-30-24-9-5-4-8-22(23)24/h3-10,17-19,21,30,33H,11-16H2,1-2H3,(H,29,32). The Morgan fingerprint density at radius 3 is 2.57 bits per heavy atom. The number of piperidine rings is 1. The van der Waals surface area contributed by atoms with Crippen LogP contribution in [0.3, 0.4) is 0 Å². The summed E-state index contributed by atoms with van der Waals surface area (Å²) in [6, 6.07) is 11.9. The lowest BCUT2D eigenvalue weighted by molar-refractivity contribution is -0.116. The van der Waals surface area contributed by atoms with Crippen LogP contribution >= 0.6 is 0 Å². The van der Waals surface area contributed by atoms with E-state index in [4.69, 9.17) is 9.47 Å². The van der Waals surface area contributed by atoms with Gasteiger partial charge in [-0.25, -0.2) is 0 Å². The number of para-hydroxylation sites is 1. The van der Waals surface area contributed by atoms with Crippen LogP contribution in [0.2, 0.25) is 0 Å². The van der Waals surface area contributed by atoms with E-state index < -0.39 is 0 Å². The second-order valence-electron chi connectivity index (χ2n) is 8.69. The van der Waals surface area contributed by atoms with Crippen molar-refractivity contribution in [3.05, 3.63) is 72.0 Å². The first-order valence-corrected chi connectivity index (χ1v) is 11.9. The summed E-state index contributed by atoms with van der Waals surface area (Å²) in [5.41, 5.74) is 3.42. The highest BCUT2D eigenvalue weighted by Crippen LogP contribution is 2.37. The van der Waals surface area contributed by atoms with Crippen LogP contribution in [0.25, 0.3) is 17.0 Å². The first-order chi connectivity index (χ1) is 17.1. The summed E-state index contributed by atoms with van der Waals surface area (Å²) in [5.74, 6) is 1.08. The van der Waals surface area contributed by atoms with Gasteiger partial charge in [-0.2, -0.15) is 0 Å². The molecule has 0 saturated carbocycles. The van der Waals surface area contributed by atoms with Gasteiger partial charge < -0.3 is 29.8 Å². The molecule has 3 N–H and O–H groups in total. The molecule has 0 aliphatic carbocycles. The number of aromatic nitrogens is 1. The number of H-pyrrole nitrogens is 1. The molecule has 1 aliphatic heterocycles. The van der Waals surface area contributed by atoms with Crippen LogP contribution in [0.4, 0.5) is 0 Å². The van der Waals surface area contributed by atoms with E-state index in [2.05, 4.69) is 45.7 Å². The van der Waals surface area contributed by atoms with Crippen LogP contribution in [0.5, 0.6) is 17.2 Å². The molecule has 0 atom stereocenters. The summed E-state index contributed by atoms with van der Waals surface area (Å²) in [6.07, 6.45) is 11.2. The van der Waals surface area contributed by atoms with E-state index in [0.717, 1.165) is 38.0 Å². The Labute approximate surface area is 206 Å². The number of carbonyl (C=O) groups excluding carboxylic acids is 1. The van der Waals surface area contributed by atoms with Gasteiger partial charge in [-0.05, 0) is 61.2 Å². The number of hydrogen-bond acceptors (Lipinski definition) is 5. The van der Waals surface area contributed by atoms with Crippen LogP contribution < -0.4 is 14.8 Å². The third kappa shape index (κ3) is 6.05. The first-order valence-electron chi connectivity index (χ1n) is 11.9. The van der Waals surface area contributed by atoms with E-state index in [1.165, 1.54) is 36.8 Å². The van der Waals surface area contributed by atoms with Crippen LogP contribution in [0, 0.1) is 0 Å². The third-order valence-electron chi connectivity index (χ3n) is 6.53. The Kier molecular flexibility index (Phi) is 8.11. The summed E-state index contributed by atoms with van der Waals surface area (Å²) in [5, 5.41) is 14.3. The van der Waals surface area contributed by atoms with Gasteiger partial charge in [-0.1, -0.05) is 36.4 Å². The highest BCUT2D eigenvalue weighted by atomic mass is 16.5. The predicted molar refractivity (Wildman–Crippen MR) is 139 cm³/mol. The molecule has 35 heavy (non-hydrogen) atoms. The lowest BCUT2D eigenvalue weighted by Crippen LogP contribution is -2.38. The number of carbonyl (C=O) groups is 1. The van der Waals surface area contributed by atoms with Crippen molar-refractivity contribution >= 4 is 22.9 Å². The average molecular weight is 476 g/mol. The summed E-state index contributed by atoms with van der Waals surface area (Å²) >= 11 is 0. The molecule has 7 heteroatoms. The van der Waals surface area contributed by atoms with Gasteiger partial charge in [-0.15, -0.1) is 0 Å². The molecule has 2 aromatic carbocycles. The number of aromatic amines is 1. The van der Waals surface area contributed by atoms with E-state index in [0.29, 0.717) is 24.0 Å². The van der Waals surface area contributed by atoms with Gasteiger partial charge in [0.1, 0.15) is 0 Å². The Balaban J connectivity index is 1.19. The smallest absolute Gasteiger partial charge is 0.244 e. The lowest BCUT2D eigenvalue weighted by atomic mass is 9.89. The van der Waals surface area contributed by atoms with Crippen LogP contribution in [-0.4, -0.2) is 61.3 Å². The molecule has 1 aliphatic rings. The zero-order valence-electron chi connectivity index (χ0n) is 20.3. The Morgan fingerprint density at radius 2 is 1.86 bits per heavy atom. The lowest BCUT2D eigenvalue weighted by Gasteiger charge is -2.31. The van der Waals surface area contributed by atoms with Crippen molar-refractivity contribution in [3.8, 4) is 17.2 Å². The minimum Gasteiger partial charge on any atom is -0.502 e. The van der Waals surface area contributed by atoms with Gasteiger partial charge >= 0.3 is 0 Å². The van der Waals surface area contributed by atoms with Gasteiger partial charge in [-0.3, -0.25) is 4.79 Å². The molecule has 3 aromatic rings. The molecule has 0 unspecified atom stereocenters. The summed E-state index contributed by atoms with van der Waals surface area (Å²) in [6.45, 7) is 3.55. The van der Waals surface area contributed by atoms with E-state index in [1.807, 2.05) is 6.08 Å². The van der Waals surface area contributed by atoms with Crippen LogP contribution in [0.15, 0.2) is 60.8 Å². The molecule has 1 aromatic heterocycles. The number of nitrogens with one attached hydrogen (secondary N) is 2. The van der Waals surface area contributed by atoms with Gasteiger partial charge in [0.15, 0.2) is 11.5 Å². The second-order valence-corrected chi connectivity index (χ2v) is 8.69. The van der Waals surface area contributed by atoms with Crippen molar-refractivity contribution in [1.29, 1.82) is 0 Å². The SMILES string of the molecule is COc1cc(C=CC=CC(=O)NCCN2CCC(c3c[nH]c4ccccc34)CC2)cc(OC)c1O. The molecule has 4 rings (SSSR count). The number of likely N-dealkylation sites (tertiary alicyclic amines) is 1. The largest absolute Gasteiger partial charge is 0.502 e. The number of rotatable bonds is 9. The number of methoxy groups -OCH3 is 2. The highest BCUT2D eigenvalue weighted by Gasteiger charge is 2.22. The number of aromatic hydroxyl groups is 1. The van der Waals surface area contributed by atoms with E-state index >= 15 is 0 Å². The van der Waals surface area contributed by atoms with E-state index in [9.17, 15) is 9.90 Å². The van der Waals surface area contributed by atoms with Gasteiger partial charge in [0.05, 0.1) is 14.2 Å². The van der Waals surface area contributed by atoms with Crippen molar-refractivity contribution in [2.24, 2.45) is 0 Å². The fraction of sp³-hybridized carbons (Fsp3) is 0.321. The highest BCUT2D eigenvalue weighted by molar-refractivity contribution is 5.88. The number of fused-ring (bicyclic) bond motifs is 1. The maximum Gasteiger partial charge on any atom is 0.244 e. The number of phenols is 1. The molecule has 2 heterocycles. The van der Waals surface area contributed by atoms with Gasteiger partial charge in [0.2, 0.25) is 11.7 Å². The van der Waals surface area contributed by atoms with Gasteiger partial charge in [0.25, 0.3) is 0 Å². The van der Waals surface area contributed by atoms with Crippen LogP contribution in [-0.2, 0) is 4.79 Å². The van der Waals surface area contributed by atoms with Crippen LogP contribution in [0.1, 0.15) is 29.9 Å². The third-order valence-corrected chi connectivity index (χ3v) is 6.53. The number of nitrogens with zero attached hydrogens (tertiary/aromatic N) is 1. The van der Waals surface area contributed by atoms with E-state index in [1.54, 1.807) is 24.3 Å². The Morgan fingerprint density at radius 1 is 1.14 bits per heavy atom. The number of benzene rings is 2. The fourth-order valence-corrected chi connectivity index (χ4v) is 4.62. The molecule has 1 fully saturated rings. The average Bonchev–Trinajstić information content (AvgIpc) is 3.32. The Hall–Kier alpha value is -3.71. The predicted octanol–water partition coefficient (Wildman–Crippen LogP) is 4.46. The summed E-state index contributed by atoms with van der Waals surface area (Å²) < 4.78 is 10.3. The van der Waals surface area contributed by atoms with E-state index in [-0.39, 0.29) is 11.7 Å². The number of amides is 1. The van der Waals surface area contributed by atoms with Crippen molar-refractivity contribution < 1.29 is 19.4 Å². The molecular formula is C28H33N3O4. The number of ether oxygens (including phenoxy) is 2. The number of allylic oxidation sites excluding steroid dienone is 2. The Bertz CT molecular complexity index is 1180. The summed E-state index contributed by atoms with van der Waals surface area (Å²) in [4.78, 5) is 18.0. The van der Waals surface area contributed by atoms with Crippen molar-refractivity contribution in [3.63, 3.8) is 0 Å². The topological polar surface area (TPSA) is 86.8 Å². The molecule has 1 saturated heterocycles. The number of phenolic OH excluding ortho intramolecular Hbond substituents is 1. The monoisotopic (exact) mass is 475 g/mol. The molecule has 0 spiro atoms. The zero-order valence-corrected chi connectivity index (χ0v) is 20.3. The van der Waals surface area contributed by atoms with Crippen molar-refractivity contribution in [1.82, 2.24) is 15.2 Å². The molecular weight excluding hydrogens is 442 g/mol. The van der Waals surface area contributed by atoms with Crippen molar-refractivity contribution in [2.75, 3.05) is 40.4 Å². The zero-order chi connectivity index (χ0) is 24.6. The molecule has 7 nitrogen and oxygen atoms in total. The maximum absolute atomic E-state index is 12.1. The second kappa shape index (κ2) is 11.6. The minimum absolute atomic E-state index is 0.0377. The normalized spacial score (nSPS) is 15.3. The van der Waals surface area contributed by atoms with Crippen molar-refractivity contribution in [2.45, 2.75) is 18.8 Å². The van der Waals surface area contributed by atoms with Gasteiger partial charge in [0, 0.05) is 36.3 Å². The maximum atomic E-state index is 12.1. The number of hydrogen-bond donors (Lipinski definition) is 3. The minimum atomic E-state index is -0.121. The molecule has 184 valence electrons. The summed E-state index contributed by atoms with van der Waals surface area (Å²) in [7, 11) is 2.97.